The molecule has 1 aromatic heterocycles. The Kier molecular flexibility index (Phi) is 5.63. The Bertz CT molecular complexity index is 804. The molecular weight excluding hydrogens is 332 g/mol. The van der Waals surface area contributed by atoms with Crippen LogP contribution in [0.15, 0.2) is 60.8 Å². The van der Waals surface area contributed by atoms with Gasteiger partial charge in [-0.25, -0.2) is 0 Å². The summed E-state index contributed by atoms with van der Waals surface area (Å²) in [6, 6.07) is 12.6. The van der Waals surface area contributed by atoms with Crippen molar-refractivity contribution in [1.29, 1.82) is 0 Å². The van der Waals surface area contributed by atoms with Crippen molar-refractivity contribution in [2.75, 3.05) is 5.32 Å². The van der Waals surface area contributed by atoms with Crippen molar-refractivity contribution >= 4 is 17.6 Å². The van der Waals surface area contributed by atoms with Gasteiger partial charge in [-0.2, -0.15) is 0 Å². The number of hydrogen-bond acceptors (Lipinski definition) is 4. The fourth-order valence-electron chi connectivity index (χ4n) is 2.92. The van der Waals surface area contributed by atoms with Gasteiger partial charge in [0.05, 0.1) is 17.5 Å². The average molecular weight is 352 g/mol. The van der Waals surface area contributed by atoms with Crippen LogP contribution in [-0.4, -0.2) is 22.0 Å². The van der Waals surface area contributed by atoms with E-state index in [1.54, 1.807) is 30.5 Å². The predicted octanol–water partition coefficient (Wildman–Crippen LogP) is 3.27. The zero-order chi connectivity index (χ0) is 18.4. The Hall–Kier alpha value is -3.15. The van der Waals surface area contributed by atoms with Gasteiger partial charge in [0, 0.05) is 18.0 Å². The van der Waals surface area contributed by atoms with Gasteiger partial charge in [-0.3, -0.25) is 14.6 Å². The standard InChI is InChI=1S/C20H20N2O4/c23-19(17-9-1-2-10-18(17)20(24)25)22-14-7-5-8-16(12-14)26-13-15-6-3-4-11-21-15/h1-8,11-12,17-18H,9-10,13H2,(H,22,23)(H,24,25). The van der Waals surface area contributed by atoms with E-state index in [-0.39, 0.29) is 5.91 Å². The lowest BCUT2D eigenvalue weighted by Gasteiger charge is -2.24. The summed E-state index contributed by atoms with van der Waals surface area (Å²) in [7, 11) is 0. The van der Waals surface area contributed by atoms with E-state index >= 15 is 0 Å². The summed E-state index contributed by atoms with van der Waals surface area (Å²) in [6.45, 7) is 0.326. The van der Waals surface area contributed by atoms with Crippen molar-refractivity contribution in [1.82, 2.24) is 4.98 Å². The first-order chi connectivity index (χ1) is 12.6. The minimum atomic E-state index is -0.943. The van der Waals surface area contributed by atoms with Gasteiger partial charge in [-0.15, -0.1) is 0 Å². The SMILES string of the molecule is O=C(O)C1CC=CCC1C(=O)Nc1cccc(OCc2ccccn2)c1. The van der Waals surface area contributed by atoms with Gasteiger partial charge in [-0.05, 0) is 37.1 Å². The first-order valence-corrected chi connectivity index (χ1v) is 8.45. The number of amides is 1. The molecule has 1 heterocycles. The number of allylic oxidation sites excluding steroid dienone is 2. The average Bonchev–Trinajstić information content (AvgIpc) is 2.67. The number of carboxylic acid groups (broad SMARTS) is 1. The largest absolute Gasteiger partial charge is 0.487 e. The fraction of sp³-hybridized carbons (Fsp3) is 0.250. The van der Waals surface area contributed by atoms with Gasteiger partial charge in [0.25, 0.3) is 0 Å². The predicted molar refractivity (Wildman–Crippen MR) is 96.6 cm³/mol. The second-order valence-corrected chi connectivity index (χ2v) is 6.12. The summed E-state index contributed by atoms with van der Waals surface area (Å²) in [5, 5.41) is 12.1. The summed E-state index contributed by atoms with van der Waals surface area (Å²) in [5.74, 6) is -1.89. The minimum absolute atomic E-state index is 0.288. The van der Waals surface area contributed by atoms with E-state index in [2.05, 4.69) is 10.3 Å². The van der Waals surface area contributed by atoms with Crippen LogP contribution in [0.25, 0.3) is 0 Å². The van der Waals surface area contributed by atoms with E-state index in [4.69, 9.17) is 4.74 Å². The van der Waals surface area contributed by atoms with Crippen LogP contribution in [0.2, 0.25) is 0 Å². The highest BCUT2D eigenvalue weighted by atomic mass is 16.5. The van der Waals surface area contributed by atoms with Crippen molar-refractivity contribution in [3.63, 3.8) is 0 Å². The number of carbonyl (C=O) groups excluding carboxylic acids is 1. The summed E-state index contributed by atoms with van der Waals surface area (Å²) >= 11 is 0. The third kappa shape index (κ3) is 4.47. The summed E-state index contributed by atoms with van der Waals surface area (Å²) in [4.78, 5) is 28.1. The molecule has 2 unspecified atom stereocenters. The maximum Gasteiger partial charge on any atom is 0.307 e. The van der Waals surface area contributed by atoms with E-state index in [1.165, 1.54) is 0 Å². The van der Waals surface area contributed by atoms with Crippen LogP contribution >= 0.6 is 0 Å². The van der Waals surface area contributed by atoms with Gasteiger partial charge in [0.2, 0.25) is 5.91 Å². The number of rotatable bonds is 6. The van der Waals surface area contributed by atoms with Crippen LogP contribution in [0.4, 0.5) is 5.69 Å². The maximum atomic E-state index is 12.5. The van der Waals surface area contributed by atoms with Crippen LogP contribution in [-0.2, 0) is 16.2 Å². The zero-order valence-electron chi connectivity index (χ0n) is 14.2. The van der Waals surface area contributed by atoms with E-state index in [0.29, 0.717) is 30.9 Å². The molecule has 0 fully saturated rings. The Morgan fingerprint density at radius 2 is 1.92 bits per heavy atom. The number of carbonyl (C=O) groups is 2. The number of aliphatic carboxylic acids is 1. The number of nitrogens with one attached hydrogen (secondary N) is 1. The summed E-state index contributed by atoms with van der Waals surface area (Å²) in [5.41, 5.74) is 1.38. The van der Waals surface area contributed by atoms with E-state index in [9.17, 15) is 14.7 Å². The van der Waals surface area contributed by atoms with E-state index in [1.807, 2.05) is 30.4 Å². The molecule has 0 saturated heterocycles. The molecule has 1 aliphatic rings. The normalized spacial score (nSPS) is 18.9. The number of pyridine rings is 1. The summed E-state index contributed by atoms with van der Waals surface area (Å²) < 4.78 is 5.70. The molecular formula is C20H20N2O4. The van der Waals surface area contributed by atoms with Gasteiger partial charge >= 0.3 is 5.97 Å². The molecule has 6 heteroatoms. The molecule has 0 spiro atoms. The molecule has 1 amide bonds. The first-order valence-electron chi connectivity index (χ1n) is 8.45. The molecule has 134 valence electrons. The smallest absolute Gasteiger partial charge is 0.307 e. The number of carboxylic acids is 1. The Balaban J connectivity index is 1.63. The molecule has 2 N–H and O–H groups in total. The molecule has 1 aromatic carbocycles. The Morgan fingerprint density at radius 1 is 1.12 bits per heavy atom. The molecule has 6 nitrogen and oxygen atoms in total. The van der Waals surface area contributed by atoms with Gasteiger partial charge in [0.15, 0.2) is 0 Å². The molecule has 26 heavy (non-hydrogen) atoms. The molecule has 0 aliphatic heterocycles. The zero-order valence-corrected chi connectivity index (χ0v) is 14.2. The number of hydrogen-bond donors (Lipinski definition) is 2. The van der Waals surface area contributed by atoms with Crippen molar-refractivity contribution in [3.8, 4) is 5.75 Å². The quantitative estimate of drug-likeness (QED) is 0.779. The molecule has 0 radical (unpaired) electrons. The number of anilines is 1. The fourth-order valence-corrected chi connectivity index (χ4v) is 2.92. The van der Waals surface area contributed by atoms with Crippen LogP contribution < -0.4 is 10.1 Å². The third-order valence-corrected chi connectivity index (χ3v) is 4.30. The number of benzene rings is 1. The third-order valence-electron chi connectivity index (χ3n) is 4.30. The number of nitrogens with zero attached hydrogens (tertiary/aromatic N) is 1. The molecule has 3 rings (SSSR count). The van der Waals surface area contributed by atoms with Crippen LogP contribution in [0.5, 0.6) is 5.75 Å². The van der Waals surface area contributed by atoms with Crippen molar-refractivity contribution in [2.24, 2.45) is 11.8 Å². The number of ether oxygens (including phenoxy) is 1. The van der Waals surface area contributed by atoms with Crippen molar-refractivity contribution in [3.05, 3.63) is 66.5 Å². The Labute approximate surface area is 151 Å². The second-order valence-electron chi connectivity index (χ2n) is 6.12. The highest BCUT2D eigenvalue weighted by Crippen LogP contribution is 2.28. The first kappa shape index (κ1) is 17.7. The minimum Gasteiger partial charge on any atom is -0.487 e. The topological polar surface area (TPSA) is 88.5 Å². The lowest BCUT2D eigenvalue weighted by molar-refractivity contribution is -0.146. The van der Waals surface area contributed by atoms with Crippen LogP contribution in [0.3, 0.4) is 0 Å². The van der Waals surface area contributed by atoms with Gasteiger partial charge in [-0.1, -0.05) is 24.3 Å². The van der Waals surface area contributed by atoms with Crippen LogP contribution in [0.1, 0.15) is 18.5 Å². The molecule has 0 bridgehead atoms. The molecule has 1 aliphatic carbocycles. The molecule has 2 aromatic rings. The maximum absolute atomic E-state index is 12.5. The second kappa shape index (κ2) is 8.29. The van der Waals surface area contributed by atoms with Gasteiger partial charge in [0.1, 0.15) is 12.4 Å². The van der Waals surface area contributed by atoms with Gasteiger partial charge < -0.3 is 15.2 Å². The van der Waals surface area contributed by atoms with Crippen LogP contribution in [0, 0.1) is 11.8 Å². The lowest BCUT2D eigenvalue weighted by atomic mass is 9.82. The van der Waals surface area contributed by atoms with E-state index in [0.717, 1.165) is 5.69 Å². The van der Waals surface area contributed by atoms with Crippen molar-refractivity contribution < 1.29 is 19.4 Å². The Morgan fingerprint density at radius 3 is 2.65 bits per heavy atom. The van der Waals surface area contributed by atoms with Crippen molar-refractivity contribution in [2.45, 2.75) is 19.4 Å². The molecule has 2 atom stereocenters. The van der Waals surface area contributed by atoms with E-state index < -0.39 is 17.8 Å². The molecule has 0 saturated carbocycles. The highest BCUT2D eigenvalue weighted by Gasteiger charge is 2.33. The summed E-state index contributed by atoms with van der Waals surface area (Å²) in [6.07, 6.45) is 6.18. The number of aromatic nitrogens is 1. The monoisotopic (exact) mass is 352 g/mol. The lowest BCUT2D eigenvalue weighted by Crippen LogP contribution is -2.34. The highest BCUT2D eigenvalue weighted by molar-refractivity contribution is 5.95.